The van der Waals surface area contributed by atoms with Crippen molar-refractivity contribution in [3.63, 3.8) is 0 Å². The maximum absolute atomic E-state index is 13.4. The molecule has 1 nitrogen and oxygen atoms in total. The third-order valence-corrected chi connectivity index (χ3v) is 3.31. The van der Waals surface area contributed by atoms with E-state index in [1.807, 2.05) is 5.92 Å². The minimum Gasteiger partial charge on any atom is -0.378 e. The molecule has 2 rings (SSSR count). The van der Waals surface area contributed by atoms with Gasteiger partial charge in [-0.3, -0.25) is 0 Å². The third-order valence-electron chi connectivity index (χ3n) is 3.31. The van der Waals surface area contributed by atoms with Crippen LogP contribution in [0.1, 0.15) is 37.7 Å². The molecule has 6 heteroatoms. The molecule has 1 aliphatic carbocycles. The SMILES string of the molecule is OC1(C#Cc2c(F)c(F)c(F)c(F)c2F)CCCCC1. The molecule has 0 aromatic heterocycles. The van der Waals surface area contributed by atoms with Crippen molar-refractivity contribution in [3.05, 3.63) is 34.6 Å². The zero-order valence-electron chi connectivity index (χ0n) is 10.4. The second-order valence-electron chi connectivity index (χ2n) is 4.79. The third kappa shape index (κ3) is 2.63. The van der Waals surface area contributed by atoms with Crippen molar-refractivity contribution in [2.75, 3.05) is 0 Å². The summed E-state index contributed by atoms with van der Waals surface area (Å²) in [5.41, 5.74) is -2.64. The van der Waals surface area contributed by atoms with E-state index in [2.05, 4.69) is 5.92 Å². The zero-order valence-corrected chi connectivity index (χ0v) is 10.4. The Morgan fingerprint density at radius 1 is 0.750 bits per heavy atom. The van der Waals surface area contributed by atoms with E-state index in [0.29, 0.717) is 25.7 Å². The summed E-state index contributed by atoms with van der Waals surface area (Å²) in [5, 5.41) is 10.0. The van der Waals surface area contributed by atoms with Gasteiger partial charge in [-0.05, 0) is 25.7 Å². The van der Waals surface area contributed by atoms with Gasteiger partial charge in [-0.25, -0.2) is 22.0 Å². The Hall–Kier alpha value is -1.61. The molecule has 1 fully saturated rings. The first kappa shape index (κ1) is 14.8. The van der Waals surface area contributed by atoms with Crippen molar-refractivity contribution in [2.45, 2.75) is 37.7 Å². The van der Waals surface area contributed by atoms with E-state index in [9.17, 15) is 27.1 Å². The first-order valence-corrected chi connectivity index (χ1v) is 6.13. The zero-order chi connectivity index (χ0) is 14.9. The van der Waals surface area contributed by atoms with Crippen molar-refractivity contribution in [1.29, 1.82) is 0 Å². The highest BCUT2D eigenvalue weighted by Crippen LogP contribution is 2.28. The summed E-state index contributed by atoms with van der Waals surface area (Å²) in [6.45, 7) is 0. The van der Waals surface area contributed by atoms with Gasteiger partial charge in [0.2, 0.25) is 5.82 Å². The van der Waals surface area contributed by atoms with Crippen LogP contribution in [0.4, 0.5) is 22.0 Å². The second-order valence-corrected chi connectivity index (χ2v) is 4.79. The van der Waals surface area contributed by atoms with Gasteiger partial charge in [0.25, 0.3) is 0 Å². The average molecular weight is 290 g/mol. The summed E-state index contributed by atoms with van der Waals surface area (Å²) in [6.07, 6.45) is 2.93. The van der Waals surface area contributed by atoms with Crippen LogP contribution in [-0.4, -0.2) is 10.7 Å². The fourth-order valence-corrected chi connectivity index (χ4v) is 2.16. The van der Waals surface area contributed by atoms with Crippen LogP contribution in [0.2, 0.25) is 0 Å². The first-order valence-electron chi connectivity index (χ1n) is 6.13. The highest BCUT2D eigenvalue weighted by atomic mass is 19.2. The number of hydrogen-bond donors (Lipinski definition) is 1. The van der Waals surface area contributed by atoms with Crippen molar-refractivity contribution in [3.8, 4) is 11.8 Å². The topological polar surface area (TPSA) is 20.2 Å². The molecule has 1 saturated carbocycles. The van der Waals surface area contributed by atoms with Gasteiger partial charge in [0.1, 0.15) is 11.2 Å². The lowest BCUT2D eigenvalue weighted by Crippen LogP contribution is -2.29. The lowest BCUT2D eigenvalue weighted by Gasteiger charge is -2.26. The Morgan fingerprint density at radius 3 is 1.70 bits per heavy atom. The molecule has 1 aromatic carbocycles. The molecule has 0 unspecified atom stereocenters. The number of halogens is 5. The van der Waals surface area contributed by atoms with Gasteiger partial charge in [0, 0.05) is 0 Å². The van der Waals surface area contributed by atoms with Gasteiger partial charge in [-0.2, -0.15) is 0 Å². The predicted octanol–water partition coefficient (Wildman–Crippen LogP) is 3.43. The Bertz CT molecular complexity index is 565. The minimum atomic E-state index is -2.22. The maximum atomic E-state index is 13.4. The molecule has 20 heavy (non-hydrogen) atoms. The van der Waals surface area contributed by atoms with E-state index in [1.165, 1.54) is 0 Å². The molecule has 0 radical (unpaired) electrons. The van der Waals surface area contributed by atoms with E-state index in [4.69, 9.17) is 0 Å². The van der Waals surface area contributed by atoms with Crippen LogP contribution in [0.25, 0.3) is 0 Å². The second kappa shape index (κ2) is 5.41. The average Bonchev–Trinajstić information content (AvgIpc) is 2.44. The van der Waals surface area contributed by atoms with Gasteiger partial charge in [0.15, 0.2) is 23.3 Å². The van der Waals surface area contributed by atoms with E-state index in [0.717, 1.165) is 6.42 Å². The van der Waals surface area contributed by atoms with E-state index in [1.54, 1.807) is 0 Å². The first-order chi connectivity index (χ1) is 9.36. The van der Waals surface area contributed by atoms with E-state index >= 15 is 0 Å². The summed E-state index contributed by atoms with van der Waals surface area (Å²) in [4.78, 5) is 0. The fourth-order valence-electron chi connectivity index (χ4n) is 2.16. The van der Waals surface area contributed by atoms with Crippen LogP contribution in [0, 0.1) is 40.9 Å². The highest BCUT2D eigenvalue weighted by Gasteiger charge is 2.28. The number of aliphatic hydroxyl groups is 1. The van der Waals surface area contributed by atoms with Gasteiger partial charge >= 0.3 is 0 Å². The fraction of sp³-hybridized carbons (Fsp3) is 0.429. The van der Waals surface area contributed by atoms with Crippen LogP contribution >= 0.6 is 0 Å². The quantitative estimate of drug-likeness (QED) is 0.336. The van der Waals surface area contributed by atoms with Crippen molar-refractivity contribution in [1.82, 2.24) is 0 Å². The highest BCUT2D eigenvalue weighted by molar-refractivity contribution is 5.40. The standard InChI is InChI=1S/C14H11F5O/c15-9-8(10(16)12(18)13(19)11(9)17)4-7-14(20)5-2-1-3-6-14/h20H,1-3,5-6H2. The van der Waals surface area contributed by atoms with Crippen LogP contribution in [-0.2, 0) is 0 Å². The number of hydrogen-bond acceptors (Lipinski definition) is 1. The van der Waals surface area contributed by atoms with Gasteiger partial charge in [-0.1, -0.05) is 18.3 Å². The maximum Gasteiger partial charge on any atom is 0.200 e. The monoisotopic (exact) mass is 290 g/mol. The molecule has 108 valence electrons. The van der Waals surface area contributed by atoms with Crippen molar-refractivity contribution >= 4 is 0 Å². The predicted molar refractivity (Wildman–Crippen MR) is 61.1 cm³/mol. The Morgan fingerprint density at radius 2 is 1.20 bits per heavy atom. The summed E-state index contributed by atoms with van der Waals surface area (Å²) < 4.78 is 65.5. The van der Waals surface area contributed by atoms with Crippen LogP contribution < -0.4 is 0 Å². The smallest absolute Gasteiger partial charge is 0.200 e. The normalized spacial score (nSPS) is 17.5. The molecule has 0 heterocycles. The van der Waals surface area contributed by atoms with Crippen molar-refractivity contribution < 1.29 is 27.1 Å². The summed E-state index contributed by atoms with van der Waals surface area (Å²) in [6, 6.07) is 0. The Labute approximate surface area is 112 Å². The lowest BCUT2D eigenvalue weighted by molar-refractivity contribution is 0.0610. The van der Waals surface area contributed by atoms with Crippen LogP contribution in [0.3, 0.4) is 0 Å². The molecule has 0 aliphatic heterocycles. The minimum absolute atomic E-state index is 0.315. The summed E-state index contributed by atoms with van der Waals surface area (Å²) in [5.74, 6) is -6.11. The molecule has 0 atom stereocenters. The van der Waals surface area contributed by atoms with Gasteiger partial charge in [0.05, 0.1) is 0 Å². The molecular formula is C14H11F5O. The molecule has 1 N–H and O–H groups in total. The van der Waals surface area contributed by atoms with E-state index in [-0.39, 0.29) is 0 Å². The summed E-state index contributed by atoms with van der Waals surface area (Å²) in [7, 11) is 0. The van der Waals surface area contributed by atoms with E-state index < -0.39 is 40.3 Å². The molecule has 0 spiro atoms. The largest absolute Gasteiger partial charge is 0.378 e. The molecule has 1 aliphatic rings. The Kier molecular flexibility index (Phi) is 4.00. The van der Waals surface area contributed by atoms with Crippen LogP contribution in [0.15, 0.2) is 0 Å². The number of rotatable bonds is 0. The van der Waals surface area contributed by atoms with Gasteiger partial charge < -0.3 is 5.11 Å². The summed E-state index contributed by atoms with van der Waals surface area (Å²) >= 11 is 0. The Balaban J connectivity index is 2.45. The molecule has 0 saturated heterocycles. The van der Waals surface area contributed by atoms with Crippen LogP contribution in [0.5, 0.6) is 0 Å². The van der Waals surface area contributed by atoms with Crippen molar-refractivity contribution in [2.24, 2.45) is 0 Å². The molecule has 0 amide bonds. The van der Waals surface area contributed by atoms with Gasteiger partial charge in [-0.15, -0.1) is 0 Å². The molecule has 1 aromatic rings. The number of benzene rings is 1. The molecule has 0 bridgehead atoms. The molecular weight excluding hydrogens is 279 g/mol. The lowest BCUT2D eigenvalue weighted by atomic mass is 9.85.